The van der Waals surface area contributed by atoms with Gasteiger partial charge in [0.25, 0.3) is 0 Å². The largest absolute Gasteiger partial charge is 0.361 e. The summed E-state index contributed by atoms with van der Waals surface area (Å²) in [5.74, 6) is -0.0560. The second-order valence-corrected chi connectivity index (χ2v) is 8.82. The van der Waals surface area contributed by atoms with Gasteiger partial charge in [0.15, 0.2) is 0 Å². The number of carbonyl (C=O) groups is 1. The zero-order valence-corrected chi connectivity index (χ0v) is 20.2. The molecule has 0 aliphatic rings. The van der Waals surface area contributed by atoms with Crippen molar-refractivity contribution in [2.75, 3.05) is 13.1 Å². The molecule has 0 aliphatic heterocycles. The molecule has 1 amide bonds. The van der Waals surface area contributed by atoms with Crippen LogP contribution in [0.2, 0.25) is 0 Å². The van der Waals surface area contributed by atoms with Crippen LogP contribution in [-0.4, -0.2) is 29.0 Å². The molecular weight excluding hydrogens is 432 g/mol. The Morgan fingerprint density at radius 3 is 2.60 bits per heavy atom. The minimum Gasteiger partial charge on any atom is -0.361 e. The Balaban J connectivity index is 1.06. The fourth-order valence-corrected chi connectivity index (χ4v) is 4.17. The Labute approximate surface area is 207 Å². The second-order valence-electron chi connectivity index (χ2n) is 8.82. The fraction of sp³-hybridized carbons (Fsp3) is 0.267. The first-order valence-electron chi connectivity index (χ1n) is 12.5. The van der Waals surface area contributed by atoms with Gasteiger partial charge in [0.1, 0.15) is 0 Å². The molecule has 35 heavy (non-hydrogen) atoms. The number of pyridine rings is 1. The van der Waals surface area contributed by atoms with Crippen LogP contribution in [0.1, 0.15) is 41.5 Å². The molecule has 2 aromatic carbocycles. The maximum atomic E-state index is 11.9. The number of nitrogens with one attached hydrogen (secondary N) is 3. The van der Waals surface area contributed by atoms with Gasteiger partial charge in [0, 0.05) is 48.7 Å². The predicted octanol–water partition coefficient (Wildman–Crippen LogP) is 5.44. The van der Waals surface area contributed by atoms with Crippen molar-refractivity contribution in [2.45, 2.75) is 38.6 Å². The number of fused-ring (bicyclic) bond motifs is 1. The van der Waals surface area contributed by atoms with Gasteiger partial charge in [-0.05, 0) is 72.7 Å². The van der Waals surface area contributed by atoms with Crippen LogP contribution in [0.4, 0.5) is 0 Å². The van der Waals surface area contributed by atoms with Crippen LogP contribution in [0, 0.1) is 0 Å². The number of hydrogen-bond donors (Lipinski definition) is 3. The van der Waals surface area contributed by atoms with Crippen molar-refractivity contribution in [1.82, 2.24) is 20.6 Å². The average Bonchev–Trinajstić information content (AvgIpc) is 3.32. The molecule has 0 unspecified atom stereocenters. The zero-order valence-electron chi connectivity index (χ0n) is 20.2. The Bertz CT molecular complexity index is 1210. The molecule has 4 aromatic rings. The lowest BCUT2D eigenvalue weighted by Crippen LogP contribution is -2.21. The van der Waals surface area contributed by atoms with E-state index in [1.165, 1.54) is 27.6 Å². The highest BCUT2D eigenvalue weighted by molar-refractivity contribution is 5.91. The molecule has 0 radical (unpaired) electrons. The van der Waals surface area contributed by atoms with E-state index in [2.05, 4.69) is 75.3 Å². The van der Waals surface area contributed by atoms with Crippen LogP contribution in [0.5, 0.6) is 0 Å². The van der Waals surface area contributed by atoms with E-state index in [1.807, 2.05) is 12.1 Å². The van der Waals surface area contributed by atoms with Crippen molar-refractivity contribution >= 4 is 22.9 Å². The standard InChI is InChI=1S/C30H34N4O/c35-30(16-15-25-8-6-18-31-21-25)33-19-5-1-2-7-24-11-13-26(14-12-24)22-32-20-17-27-23-34-29-10-4-3-9-28(27)29/h3-4,6,8-16,18,21,23,32,34H,1-2,5,7,17,19-20,22H2,(H,33,35)/b16-15+. The fourth-order valence-electron chi connectivity index (χ4n) is 4.17. The summed E-state index contributed by atoms with van der Waals surface area (Å²) in [5, 5.41) is 7.83. The lowest BCUT2D eigenvalue weighted by molar-refractivity contribution is -0.116. The van der Waals surface area contributed by atoms with E-state index in [4.69, 9.17) is 0 Å². The molecule has 2 aromatic heterocycles. The molecule has 0 bridgehead atoms. The molecule has 0 fully saturated rings. The molecule has 3 N–H and O–H groups in total. The van der Waals surface area contributed by atoms with E-state index in [9.17, 15) is 4.79 Å². The van der Waals surface area contributed by atoms with E-state index in [1.54, 1.807) is 24.5 Å². The second kappa shape index (κ2) is 13.3. The monoisotopic (exact) mass is 466 g/mol. The molecule has 0 atom stereocenters. The number of H-pyrrole nitrogens is 1. The summed E-state index contributed by atoms with van der Waals surface area (Å²) in [7, 11) is 0. The molecule has 4 rings (SSSR count). The van der Waals surface area contributed by atoms with Crippen molar-refractivity contribution in [3.05, 3.63) is 108 Å². The van der Waals surface area contributed by atoms with Crippen LogP contribution in [0.25, 0.3) is 17.0 Å². The molecule has 5 nitrogen and oxygen atoms in total. The molecule has 0 saturated carbocycles. The first-order valence-corrected chi connectivity index (χ1v) is 12.5. The number of nitrogens with zero attached hydrogens (tertiary/aromatic N) is 1. The third-order valence-corrected chi connectivity index (χ3v) is 6.15. The number of benzene rings is 2. The molecule has 0 spiro atoms. The topological polar surface area (TPSA) is 69.8 Å². The number of carbonyl (C=O) groups excluding carboxylic acids is 1. The Kier molecular flexibility index (Phi) is 9.25. The van der Waals surface area contributed by atoms with Crippen molar-refractivity contribution in [1.29, 1.82) is 0 Å². The highest BCUT2D eigenvalue weighted by atomic mass is 16.1. The van der Waals surface area contributed by atoms with E-state index in [0.717, 1.165) is 50.8 Å². The predicted molar refractivity (Wildman–Crippen MR) is 144 cm³/mol. The Morgan fingerprint density at radius 2 is 1.74 bits per heavy atom. The maximum absolute atomic E-state index is 11.9. The maximum Gasteiger partial charge on any atom is 0.243 e. The van der Waals surface area contributed by atoms with E-state index >= 15 is 0 Å². The lowest BCUT2D eigenvalue weighted by atomic mass is 10.0. The summed E-state index contributed by atoms with van der Waals surface area (Å²) < 4.78 is 0. The normalized spacial score (nSPS) is 11.3. The third kappa shape index (κ3) is 7.94. The molecule has 180 valence electrons. The number of aromatic amines is 1. The Morgan fingerprint density at radius 1 is 0.886 bits per heavy atom. The van der Waals surface area contributed by atoms with Crippen molar-refractivity contribution in [3.63, 3.8) is 0 Å². The smallest absolute Gasteiger partial charge is 0.243 e. The highest BCUT2D eigenvalue weighted by Gasteiger charge is 2.02. The van der Waals surface area contributed by atoms with Crippen LogP contribution in [0.15, 0.2) is 85.3 Å². The van der Waals surface area contributed by atoms with Crippen molar-refractivity contribution in [3.8, 4) is 0 Å². The van der Waals surface area contributed by atoms with E-state index in [0.29, 0.717) is 6.54 Å². The number of unbranched alkanes of at least 4 members (excludes halogenated alkanes) is 2. The van der Waals surface area contributed by atoms with Crippen molar-refractivity contribution < 1.29 is 4.79 Å². The number of aryl methyl sites for hydroxylation is 1. The molecule has 5 heteroatoms. The summed E-state index contributed by atoms with van der Waals surface area (Å²) in [6.45, 7) is 2.55. The van der Waals surface area contributed by atoms with E-state index in [-0.39, 0.29) is 5.91 Å². The van der Waals surface area contributed by atoms with Gasteiger partial charge in [0.05, 0.1) is 0 Å². The summed E-state index contributed by atoms with van der Waals surface area (Å²) in [4.78, 5) is 19.3. The molecule has 0 aliphatic carbocycles. The first-order chi connectivity index (χ1) is 17.3. The molecule has 2 heterocycles. The number of rotatable bonds is 13. The SMILES string of the molecule is O=C(/C=C/c1cccnc1)NCCCCCc1ccc(CNCCc2c[nH]c3ccccc23)cc1. The minimum atomic E-state index is -0.0560. The van der Waals surface area contributed by atoms with Gasteiger partial charge >= 0.3 is 0 Å². The average molecular weight is 467 g/mol. The van der Waals surface area contributed by atoms with Crippen molar-refractivity contribution in [2.24, 2.45) is 0 Å². The minimum absolute atomic E-state index is 0.0560. The van der Waals surface area contributed by atoms with Gasteiger partial charge in [0.2, 0.25) is 5.91 Å². The summed E-state index contributed by atoms with van der Waals surface area (Å²) in [6, 6.07) is 21.2. The number of hydrogen-bond acceptors (Lipinski definition) is 3. The van der Waals surface area contributed by atoms with E-state index < -0.39 is 0 Å². The van der Waals surface area contributed by atoms with Gasteiger partial charge in [-0.25, -0.2) is 0 Å². The van der Waals surface area contributed by atoms with Crippen LogP contribution < -0.4 is 10.6 Å². The van der Waals surface area contributed by atoms with Gasteiger partial charge in [-0.1, -0.05) is 55.0 Å². The van der Waals surface area contributed by atoms with Gasteiger partial charge < -0.3 is 15.6 Å². The van der Waals surface area contributed by atoms with Crippen LogP contribution in [0.3, 0.4) is 0 Å². The van der Waals surface area contributed by atoms with Gasteiger partial charge in [-0.15, -0.1) is 0 Å². The lowest BCUT2D eigenvalue weighted by Gasteiger charge is -2.07. The van der Waals surface area contributed by atoms with Gasteiger partial charge in [-0.3, -0.25) is 9.78 Å². The van der Waals surface area contributed by atoms with Crippen LogP contribution >= 0.6 is 0 Å². The molecule has 0 saturated heterocycles. The summed E-state index contributed by atoms with van der Waals surface area (Å²) in [6.07, 6.45) is 14.2. The first kappa shape index (κ1) is 24.4. The number of para-hydroxylation sites is 1. The highest BCUT2D eigenvalue weighted by Crippen LogP contribution is 2.17. The molecular formula is C30H34N4O. The summed E-state index contributed by atoms with van der Waals surface area (Å²) >= 11 is 0. The summed E-state index contributed by atoms with van der Waals surface area (Å²) in [5.41, 5.74) is 6.18. The van der Waals surface area contributed by atoms with Crippen LogP contribution in [-0.2, 0) is 24.2 Å². The Hall–Kier alpha value is -3.70. The zero-order chi connectivity index (χ0) is 24.1. The quantitative estimate of drug-likeness (QED) is 0.182. The number of amides is 1. The third-order valence-electron chi connectivity index (χ3n) is 6.15. The number of aromatic nitrogens is 2. The van der Waals surface area contributed by atoms with Gasteiger partial charge in [-0.2, -0.15) is 0 Å².